The van der Waals surface area contributed by atoms with Gasteiger partial charge in [-0.3, -0.25) is 4.57 Å². The molecule has 1 aliphatic rings. The highest BCUT2D eigenvalue weighted by Gasteiger charge is 2.20. The van der Waals surface area contributed by atoms with Gasteiger partial charge in [-0.25, -0.2) is 0 Å². The van der Waals surface area contributed by atoms with E-state index in [1.807, 2.05) is 53.1 Å². The van der Waals surface area contributed by atoms with Crippen LogP contribution in [0.1, 0.15) is 6.42 Å². The molecule has 152 valence electrons. The van der Waals surface area contributed by atoms with Crippen molar-refractivity contribution in [3.63, 3.8) is 0 Å². The first-order valence-electron chi connectivity index (χ1n) is 9.35. The van der Waals surface area contributed by atoms with Gasteiger partial charge in [-0.2, -0.15) is 0 Å². The standard InChI is InChI=1S/C21H23N3O4S/c1-25-18-9-8-16(12-19(18)26-2)24-20(15-6-4-3-5-7-15)22-23-21(24)29-13-17-10-11-27-14-28-17/h3-9,12,17H,10-11,13-14H2,1-2H3/t17-/m0/s1. The predicted octanol–water partition coefficient (Wildman–Crippen LogP) is 3.81. The van der Waals surface area contributed by atoms with Crippen LogP contribution in [-0.4, -0.2) is 54.2 Å². The van der Waals surface area contributed by atoms with Crippen molar-refractivity contribution in [1.29, 1.82) is 0 Å². The molecule has 8 heteroatoms. The van der Waals surface area contributed by atoms with E-state index < -0.39 is 0 Å². The lowest BCUT2D eigenvalue weighted by molar-refractivity contribution is -0.130. The fraction of sp³-hybridized carbons (Fsp3) is 0.333. The molecule has 7 nitrogen and oxygen atoms in total. The van der Waals surface area contributed by atoms with Gasteiger partial charge in [-0.05, 0) is 18.6 Å². The maximum absolute atomic E-state index is 5.67. The van der Waals surface area contributed by atoms with Crippen LogP contribution in [0.15, 0.2) is 53.7 Å². The molecule has 1 aromatic heterocycles. The van der Waals surface area contributed by atoms with E-state index in [9.17, 15) is 0 Å². The third kappa shape index (κ3) is 4.39. The highest BCUT2D eigenvalue weighted by Crippen LogP contribution is 2.34. The predicted molar refractivity (Wildman–Crippen MR) is 111 cm³/mol. The van der Waals surface area contributed by atoms with Gasteiger partial charge in [-0.15, -0.1) is 10.2 Å². The number of aromatic nitrogens is 3. The lowest BCUT2D eigenvalue weighted by atomic mass is 10.2. The summed E-state index contributed by atoms with van der Waals surface area (Å²) in [4.78, 5) is 0. The number of ether oxygens (including phenoxy) is 4. The molecule has 0 radical (unpaired) electrons. The second-order valence-electron chi connectivity index (χ2n) is 6.46. The number of hydrogen-bond acceptors (Lipinski definition) is 7. The van der Waals surface area contributed by atoms with Crippen LogP contribution in [0.5, 0.6) is 11.5 Å². The van der Waals surface area contributed by atoms with Crippen LogP contribution in [0.2, 0.25) is 0 Å². The molecular weight excluding hydrogens is 390 g/mol. The molecule has 0 bridgehead atoms. The Morgan fingerprint density at radius 3 is 2.62 bits per heavy atom. The molecule has 0 saturated carbocycles. The molecular formula is C21H23N3O4S. The first-order chi connectivity index (χ1) is 14.3. The average Bonchev–Trinajstić information content (AvgIpc) is 3.22. The molecule has 1 saturated heterocycles. The summed E-state index contributed by atoms with van der Waals surface area (Å²) < 4.78 is 23.9. The average molecular weight is 413 g/mol. The monoisotopic (exact) mass is 413 g/mol. The van der Waals surface area contributed by atoms with E-state index in [2.05, 4.69) is 10.2 Å². The van der Waals surface area contributed by atoms with E-state index in [4.69, 9.17) is 18.9 Å². The van der Waals surface area contributed by atoms with Crippen LogP contribution in [0.3, 0.4) is 0 Å². The van der Waals surface area contributed by atoms with Crippen molar-refractivity contribution in [3.8, 4) is 28.6 Å². The van der Waals surface area contributed by atoms with Crippen molar-refractivity contribution in [1.82, 2.24) is 14.8 Å². The third-order valence-corrected chi connectivity index (χ3v) is 5.72. The van der Waals surface area contributed by atoms with Crippen LogP contribution >= 0.6 is 11.8 Å². The number of benzene rings is 2. The van der Waals surface area contributed by atoms with Crippen molar-refractivity contribution >= 4 is 11.8 Å². The zero-order valence-electron chi connectivity index (χ0n) is 16.4. The summed E-state index contributed by atoms with van der Waals surface area (Å²) in [5, 5.41) is 9.74. The topological polar surface area (TPSA) is 67.6 Å². The van der Waals surface area contributed by atoms with Crippen LogP contribution in [-0.2, 0) is 9.47 Å². The van der Waals surface area contributed by atoms with E-state index in [1.54, 1.807) is 26.0 Å². The minimum atomic E-state index is 0.143. The zero-order chi connectivity index (χ0) is 20.1. The molecule has 2 aromatic carbocycles. The summed E-state index contributed by atoms with van der Waals surface area (Å²) in [5.41, 5.74) is 1.89. The van der Waals surface area contributed by atoms with Gasteiger partial charge in [0.05, 0.1) is 32.6 Å². The number of rotatable bonds is 7. The lowest BCUT2D eigenvalue weighted by Crippen LogP contribution is -2.25. The minimum Gasteiger partial charge on any atom is -0.493 e. The number of nitrogens with zero attached hydrogens (tertiary/aromatic N) is 3. The second-order valence-corrected chi connectivity index (χ2v) is 7.45. The maximum atomic E-state index is 5.67. The number of thioether (sulfide) groups is 1. The van der Waals surface area contributed by atoms with E-state index in [0.717, 1.165) is 41.0 Å². The Bertz CT molecular complexity index is 942. The van der Waals surface area contributed by atoms with Crippen LogP contribution in [0.4, 0.5) is 0 Å². The highest BCUT2D eigenvalue weighted by molar-refractivity contribution is 7.99. The fourth-order valence-electron chi connectivity index (χ4n) is 3.13. The first kappa shape index (κ1) is 19.8. The summed E-state index contributed by atoms with van der Waals surface area (Å²) in [7, 11) is 3.25. The third-order valence-electron chi connectivity index (χ3n) is 4.66. The Balaban J connectivity index is 1.71. The van der Waals surface area contributed by atoms with Gasteiger partial charge in [0.25, 0.3) is 0 Å². The van der Waals surface area contributed by atoms with Crippen LogP contribution in [0, 0.1) is 0 Å². The molecule has 0 aliphatic carbocycles. The molecule has 2 heterocycles. The highest BCUT2D eigenvalue weighted by atomic mass is 32.2. The van der Waals surface area contributed by atoms with Crippen molar-refractivity contribution in [2.75, 3.05) is 33.4 Å². The Labute approximate surface area is 173 Å². The van der Waals surface area contributed by atoms with Gasteiger partial charge in [0.1, 0.15) is 6.79 Å². The first-order valence-corrected chi connectivity index (χ1v) is 10.3. The normalized spacial score (nSPS) is 16.6. The Morgan fingerprint density at radius 1 is 1.07 bits per heavy atom. The molecule has 0 spiro atoms. The van der Waals surface area contributed by atoms with E-state index in [0.29, 0.717) is 18.3 Å². The molecule has 0 unspecified atom stereocenters. The van der Waals surface area contributed by atoms with Gasteiger partial charge in [0.2, 0.25) is 0 Å². The largest absolute Gasteiger partial charge is 0.493 e. The molecule has 0 amide bonds. The van der Waals surface area contributed by atoms with E-state index >= 15 is 0 Å². The van der Waals surface area contributed by atoms with Crippen molar-refractivity contribution < 1.29 is 18.9 Å². The van der Waals surface area contributed by atoms with Gasteiger partial charge in [0.15, 0.2) is 22.5 Å². The SMILES string of the molecule is COc1ccc(-n2c(SC[C@@H]3CCOCO3)nnc2-c2ccccc2)cc1OC. The van der Waals surface area contributed by atoms with Gasteiger partial charge in [0, 0.05) is 17.4 Å². The van der Waals surface area contributed by atoms with Crippen molar-refractivity contribution in [2.45, 2.75) is 17.7 Å². The molecule has 1 aliphatic heterocycles. The summed E-state index contributed by atoms with van der Waals surface area (Å²) in [6.07, 6.45) is 1.02. The van der Waals surface area contributed by atoms with Gasteiger partial charge in [-0.1, -0.05) is 42.1 Å². The molecule has 1 atom stereocenters. The Kier molecular flexibility index (Phi) is 6.33. The molecule has 1 fully saturated rings. The minimum absolute atomic E-state index is 0.143. The Hall–Kier alpha value is -2.55. The summed E-state index contributed by atoms with van der Waals surface area (Å²) in [6.45, 7) is 1.08. The smallest absolute Gasteiger partial charge is 0.196 e. The quantitative estimate of drug-likeness (QED) is 0.546. The molecule has 29 heavy (non-hydrogen) atoms. The van der Waals surface area contributed by atoms with E-state index in [-0.39, 0.29) is 6.10 Å². The molecule has 0 N–H and O–H groups in total. The van der Waals surface area contributed by atoms with Crippen LogP contribution in [0.25, 0.3) is 17.1 Å². The van der Waals surface area contributed by atoms with Gasteiger partial charge >= 0.3 is 0 Å². The maximum Gasteiger partial charge on any atom is 0.196 e. The van der Waals surface area contributed by atoms with E-state index in [1.165, 1.54) is 0 Å². The molecule has 4 rings (SSSR count). The van der Waals surface area contributed by atoms with Crippen LogP contribution < -0.4 is 9.47 Å². The fourth-order valence-corrected chi connectivity index (χ4v) is 4.15. The summed E-state index contributed by atoms with van der Waals surface area (Å²) in [5.74, 6) is 2.88. The van der Waals surface area contributed by atoms with Crippen molar-refractivity contribution in [3.05, 3.63) is 48.5 Å². The summed E-state index contributed by atoms with van der Waals surface area (Å²) in [6, 6.07) is 15.8. The lowest BCUT2D eigenvalue weighted by Gasteiger charge is -2.22. The number of methoxy groups -OCH3 is 2. The Morgan fingerprint density at radius 2 is 1.90 bits per heavy atom. The zero-order valence-corrected chi connectivity index (χ0v) is 17.2. The van der Waals surface area contributed by atoms with Crippen molar-refractivity contribution in [2.24, 2.45) is 0 Å². The second kappa shape index (κ2) is 9.30. The summed E-state index contributed by atoms with van der Waals surface area (Å²) >= 11 is 1.62. The van der Waals surface area contributed by atoms with Gasteiger partial charge < -0.3 is 18.9 Å². The number of hydrogen-bond donors (Lipinski definition) is 0. The molecule has 3 aromatic rings.